The number of rotatable bonds is 11. The Morgan fingerprint density at radius 2 is 1.69 bits per heavy atom. The number of ether oxygens (including phenoxy) is 1. The second-order valence-corrected chi connectivity index (χ2v) is 10.1. The van der Waals surface area contributed by atoms with Crippen molar-refractivity contribution in [3.8, 4) is 0 Å². The number of hydrogen-bond donors (Lipinski definition) is 1. The van der Waals surface area contributed by atoms with Crippen LogP contribution in [0.4, 0.5) is 10.5 Å². The van der Waals surface area contributed by atoms with Gasteiger partial charge in [-0.1, -0.05) is 42.5 Å². The molecule has 0 radical (unpaired) electrons. The van der Waals surface area contributed by atoms with Crippen molar-refractivity contribution < 1.29 is 14.3 Å². The molecular weight excluding hydrogens is 458 g/mol. The van der Waals surface area contributed by atoms with E-state index in [4.69, 9.17) is 4.74 Å². The van der Waals surface area contributed by atoms with Crippen LogP contribution < -0.4 is 5.32 Å². The molecule has 3 amide bonds. The number of amides is 3. The summed E-state index contributed by atoms with van der Waals surface area (Å²) in [7, 11) is 1.64. The van der Waals surface area contributed by atoms with E-state index in [0.717, 1.165) is 27.3 Å². The predicted octanol–water partition coefficient (Wildman–Crippen LogP) is 5.77. The third-order valence-corrected chi connectivity index (χ3v) is 6.93. The standard InChI is InChI=1S/C28H35N3O3S/c1-21-10-8-13-26(23(21)3)29-28(33)30(16-9-17-34-4)20-27(32)31(18-24-11-6-5-7-12-24)19-25-15-14-22(2)35-25/h5-8,10-15H,9,16-20H2,1-4H3,(H,29,33). The lowest BCUT2D eigenvalue weighted by Crippen LogP contribution is -2.44. The summed E-state index contributed by atoms with van der Waals surface area (Å²) in [6, 6.07) is 19.6. The predicted molar refractivity (Wildman–Crippen MR) is 143 cm³/mol. The molecule has 0 saturated carbocycles. The Morgan fingerprint density at radius 3 is 2.37 bits per heavy atom. The summed E-state index contributed by atoms with van der Waals surface area (Å²) >= 11 is 1.69. The zero-order valence-electron chi connectivity index (χ0n) is 21.0. The van der Waals surface area contributed by atoms with Crippen LogP contribution in [0.25, 0.3) is 0 Å². The van der Waals surface area contributed by atoms with Crippen LogP contribution in [-0.2, 0) is 22.6 Å². The first-order valence-corrected chi connectivity index (χ1v) is 12.7. The van der Waals surface area contributed by atoms with Crippen LogP contribution in [0.3, 0.4) is 0 Å². The molecule has 1 heterocycles. The van der Waals surface area contributed by atoms with Gasteiger partial charge in [-0.2, -0.15) is 0 Å². The fourth-order valence-corrected chi connectivity index (χ4v) is 4.70. The molecule has 1 N–H and O–H groups in total. The van der Waals surface area contributed by atoms with E-state index in [0.29, 0.717) is 32.7 Å². The Bertz CT molecular complexity index is 1110. The Labute approximate surface area is 212 Å². The van der Waals surface area contributed by atoms with Crippen molar-refractivity contribution in [1.82, 2.24) is 9.80 Å². The van der Waals surface area contributed by atoms with E-state index in [9.17, 15) is 9.59 Å². The maximum absolute atomic E-state index is 13.6. The van der Waals surface area contributed by atoms with Crippen LogP contribution in [0.2, 0.25) is 0 Å². The maximum Gasteiger partial charge on any atom is 0.322 e. The van der Waals surface area contributed by atoms with Crippen molar-refractivity contribution in [2.24, 2.45) is 0 Å². The number of nitrogens with zero attached hydrogens (tertiary/aromatic N) is 2. The molecule has 0 aliphatic carbocycles. The van der Waals surface area contributed by atoms with Gasteiger partial charge in [0.2, 0.25) is 5.91 Å². The van der Waals surface area contributed by atoms with Gasteiger partial charge in [0, 0.05) is 42.2 Å². The average Bonchev–Trinajstić information content (AvgIpc) is 3.26. The van der Waals surface area contributed by atoms with Gasteiger partial charge in [-0.05, 0) is 62.1 Å². The highest BCUT2D eigenvalue weighted by Crippen LogP contribution is 2.20. The fraction of sp³-hybridized carbons (Fsp3) is 0.357. The molecule has 7 heteroatoms. The molecule has 35 heavy (non-hydrogen) atoms. The number of urea groups is 1. The Morgan fingerprint density at radius 1 is 0.914 bits per heavy atom. The molecule has 2 aromatic carbocycles. The molecule has 0 spiro atoms. The smallest absolute Gasteiger partial charge is 0.322 e. The molecule has 0 saturated heterocycles. The Hall–Kier alpha value is -3.16. The molecule has 0 atom stereocenters. The highest BCUT2D eigenvalue weighted by molar-refractivity contribution is 7.11. The van der Waals surface area contributed by atoms with Gasteiger partial charge >= 0.3 is 6.03 Å². The molecule has 0 bridgehead atoms. The summed E-state index contributed by atoms with van der Waals surface area (Å²) in [4.78, 5) is 32.6. The summed E-state index contributed by atoms with van der Waals surface area (Å²) in [6.45, 7) is 7.99. The molecule has 186 valence electrons. The SMILES string of the molecule is COCCCN(CC(=O)N(Cc1ccccc1)Cc1ccc(C)s1)C(=O)Nc1cccc(C)c1C. The van der Waals surface area contributed by atoms with Crippen LogP contribution in [0.5, 0.6) is 0 Å². The van der Waals surface area contributed by atoms with E-state index in [2.05, 4.69) is 24.4 Å². The van der Waals surface area contributed by atoms with Gasteiger partial charge in [-0.15, -0.1) is 11.3 Å². The van der Waals surface area contributed by atoms with Gasteiger partial charge in [-0.25, -0.2) is 4.79 Å². The van der Waals surface area contributed by atoms with Crippen molar-refractivity contribution in [3.63, 3.8) is 0 Å². The van der Waals surface area contributed by atoms with E-state index in [1.54, 1.807) is 23.3 Å². The lowest BCUT2D eigenvalue weighted by Gasteiger charge is -2.28. The minimum absolute atomic E-state index is 0.00238. The Balaban J connectivity index is 1.77. The minimum atomic E-state index is -0.283. The van der Waals surface area contributed by atoms with Gasteiger partial charge < -0.3 is 19.9 Å². The molecule has 0 unspecified atom stereocenters. The van der Waals surface area contributed by atoms with Crippen molar-refractivity contribution in [1.29, 1.82) is 0 Å². The second-order valence-electron chi connectivity index (χ2n) is 8.69. The topological polar surface area (TPSA) is 61.9 Å². The highest BCUT2D eigenvalue weighted by Gasteiger charge is 2.23. The van der Waals surface area contributed by atoms with Crippen LogP contribution in [-0.4, -0.2) is 48.5 Å². The zero-order chi connectivity index (χ0) is 25.2. The molecule has 3 rings (SSSR count). The fourth-order valence-electron chi connectivity index (χ4n) is 3.79. The van der Waals surface area contributed by atoms with E-state index in [-0.39, 0.29) is 18.5 Å². The third kappa shape index (κ3) is 7.94. The number of carbonyl (C=O) groups excluding carboxylic acids is 2. The van der Waals surface area contributed by atoms with Gasteiger partial charge in [0.15, 0.2) is 0 Å². The van der Waals surface area contributed by atoms with E-state index in [1.807, 2.05) is 67.3 Å². The quantitative estimate of drug-likeness (QED) is 0.345. The number of benzene rings is 2. The molecule has 0 fully saturated rings. The van der Waals surface area contributed by atoms with Crippen LogP contribution in [0.1, 0.15) is 32.9 Å². The van der Waals surface area contributed by atoms with E-state index in [1.165, 1.54) is 4.88 Å². The second kappa shape index (κ2) is 13.1. The molecule has 3 aromatic rings. The van der Waals surface area contributed by atoms with Gasteiger partial charge in [0.25, 0.3) is 0 Å². The average molecular weight is 494 g/mol. The molecule has 0 aliphatic heterocycles. The summed E-state index contributed by atoms with van der Waals surface area (Å²) in [5, 5.41) is 3.00. The summed E-state index contributed by atoms with van der Waals surface area (Å²) in [5.74, 6) is -0.0894. The number of carbonyl (C=O) groups is 2. The first kappa shape index (κ1) is 26.4. The lowest BCUT2D eigenvalue weighted by molar-refractivity contribution is -0.133. The number of hydrogen-bond acceptors (Lipinski definition) is 4. The van der Waals surface area contributed by atoms with Crippen molar-refractivity contribution >= 4 is 29.0 Å². The zero-order valence-corrected chi connectivity index (χ0v) is 21.9. The Kier molecular flexibility index (Phi) is 9.87. The summed E-state index contributed by atoms with van der Waals surface area (Å²) in [6.07, 6.45) is 0.646. The number of nitrogens with one attached hydrogen (secondary N) is 1. The van der Waals surface area contributed by atoms with Crippen molar-refractivity contribution in [2.45, 2.75) is 40.3 Å². The molecule has 6 nitrogen and oxygen atoms in total. The van der Waals surface area contributed by atoms with Crippen LogP contribution in [0, 0.1) is 20.8 Å². The third-order valence-electron chi connectivity index (χ3n) is 5.95. The van der Waals surface area contributed by atoms with E-state index >= 15 is 0 Å². The van der Waals surface area contributed by atoms with Gasteiger partial charge in [0.05, 0.1) is 6.54 Å². The van der Waals surface area contributed by atoms with E-state index < -0.39 is 0 Å². The first-order valence-electron chi connectivity index (χ1n) is 11.9. The molecule has 0 aliphatic rings. The minimum Gasteiger partial charge on any atom is -0.385 e. The number of thiophene rings is 1. The molecular formula is C28H35N3O3S. The number of anilines is 1. The number of methoxy groups -OCH3 is 1. The lowest BCUT2D eigenvalue weighted by atomic mass is 10.1. The highest BCUT2D eigenvalue weighted by atomic mass is 32.1. The van der Waals surface area contributed by atoms with Crippen molar-refractivity contribution in [2.75, 3.05) is 32.1 Å². The van der Waals surface area contributed by atoms with Crippen molar-refractivity contribution in [3.05, 3.63) is 87.1 Å². The number of aryl methyl sites for hydroxylation is 2. The maximum atomic E-state index is 13.6. The van der Waals surface area contributed by atoms with Crippen LogP contribution in [0.15, 0.2) is 60.7 Å². The summed E-state index contributed by atoms with van der Waals surface area (Å²) in [5.41, 5.74) is 3.93. The van der Waals surface area contributed by atoms with Crippen LogP contribution >= 0.6 is 11.3 Å². The van der Waals surface area contributed by atoms with Gasteiger partial charge in [-0.3, -0.25) is 4.79 Å². The van der Waals surface area contributed by atoms with Gasteiger partial charge in [0.1, 0.15) is 6.54 Å². The normalized spacial score (nSPS) is 10.7. The largest absolute Gasteiger partial charge is 0.385 e. The summed E-state index contributed by atoms with van der Waals surface area (Å²) < 4.78 is 5.19. The molecule has 1 aromatic heterocycles. The first-order chi connectivity index (χ1) is 16.9. The monoisotopic (exact) mass is 493 g/mol.